The van der Waals surface area contributed by atoms with Crippen LogP contribution in [0.4, 0.5) is 13.2 Å². The number of alkyl halides is 3. The molecule has 0 aliphatic carbocycles. The highest BCUT2D eigenvalue weighted by atomic mass is 19.4. The molecule has 2 rings (SSSR count). The van der Waals surface area contributed by atoms with Gasteiger partial charge in [0.1, 0.15) is 11.8 Å². The fraction of sp³-hybridized carbons (Fsp3) is 0.462. The van der Waals surface area contributed by atoms with Gasteiger partial charge in [-0.2, -0.15) is 0 Å². The standard InChI is InChI=1S/C13H15F3N2O3/c14-13(15,16)21-10-3-1-9(2-4-10)7-18-12(19)11-8-20-6-5-17-11/h1-4,11,17H,5-8H2,(H,18,19). The first-order valence-electron chi connectivity index (χ1n) is 6.37. The van der Waals surface area contributed by atoms with Crippen LogP contribution in [0.3, 0.4) is 0 Å². The second-order valence-corrected chi connectivity index (χ2v) is 4.49. The molecule has 116 valence electrons. The first-order valence-corrected chi connectivity index (χ1v) is 6.37. The topological polar surface area (TPSA) is 59.6 Å². The lowest BCUT2D eigenvalue weighted by Gasteiger charge is -2.22. The van der Waals surface area contributed by atoms with Gasteiger partial charge in [-0.3, -0.25) is 4.79 Å². The maximum absolute atomic E-state index is 12.0. The van der Waals surface area contributed by atoms with Crippen molar-refractivity contribution >= 4 is 5.91 Å². The normalized spacial score (nSPS) is 19.1. The quantitative estimate of drug-likeness (QED) is 0.877. The van der Waals surface area contributed by atoms with Crippen LogP contribution in [-0.4, -0.2) is 38.1 Å². The maximum Gasteiger partial charge on any atom is 0.573 e. The number of hydrogen-bond acceptors (Lipinski definition) is 4. The number of carbonyl (C=O) groups excluding carboxylic acids is 1. The number of benzene rings is 1. The van der Waals surface area contributed by atoms with Gasteiger partial charge in [0.05, 0.1) is 13.2 Å². The Hall–Kier alpha value is -1.80. The number of morpholine rings is 1. The molecule has 1 fully saturated rings. The predicted octanol–water partition coefficient (Wildman–Crippen LogP) is 1.19. The van der Waals surface area contributed by atoms with Crippen molar-refractivity contribution in [2.45, 2.75) is 18.9 Å². The summed E-state index contributed by atoms with van der Waals surface area (Å²) in [6, 6.07) is 4.94. The Morgan fingerprint density at radius 2 is 2.10 bits per heavy atom. The molecule has 21 heavy (non-hydrogen) atoms. The van der Waals surface area contributed by atoms with Gasteiger partial charge in [-0.15, -0.1) is 13.2 Å². The molecule has 1 saturated heterocycles. The smallest absolute Gasteiger partial charge is 0.406 e. The van der Waals surface area contributed by atoms with Gasteiger partial charge in [0.2, 0.25) is 5.91 Å². The second-order valence-electron chi connectivity index (χ2n) is 4.49. The average Bonchev–Trinajstić information content (AvgIpc) is 2.45. The summed E-state index contributed by atoms with van der Waals surface area (Å²) in [4.78, 5) is 11.8. The van der Waals surface area contributed by atoms with Gasteiger partial charge in [0, 0.05) is 13.1 Å². The van der Waals surface area contributed by atoms with Crippen LogP contribution in [0.25, 0.3) is 0 Å². The van der Waals surface area contributed by atoms with E-state index in [1.807, 2.05) is 0 Å². The zero-order valence-electron chi connectivity index (χ0n) is 11.1. The Morgan fingerprint density at radius 3 is 2.67 bits per heavy atom. The molecule has 1 aromatic carbocycles. The molecule has 1 unspecified atom stereocenters. The van der Waals surface area contributed by atoms with Gasteiger partial charge >= 0.3 is 6.36 Å². The van der Waals surface area contributed by atoms with E-state index >= 15 is 0 Å². The van der Waals surface area contributed by atoms with Crippen molar-refractivity contribution in [1.82, 2.24) is 10.6 Å². The van der Waals surface area contributed by atoms with E-state index in [0.717, 1.165) is 0 Å². The van der Waals surface area contributed by atoms with Crippen LogP contribution in [0.1, 0.15) is 5.56 Å². The molecular formula is C13H15F3N2O3. The number of amides is 1. The Morgan fingerprint density at radius 1 is 1.38 bits per heavy atom. The monoisotopic (exact) mass is 304 g/mol. The maximum atomic E-state index is 12.0. The predicted molar refractivity (Wildman–Crippen MR) is 67.6 cm³/mol. The molecule has 0 spiro atoms. The van der Waals surface area contributed by atoms with Crippen LogP contribution in [0.5, 0.6) is 5.75 Å². The number of carbonyl (C=O) groups is 1. The van der Waals surface area contributed by atoms with Crippen molar-refractivity contribution in [2.75, 3.05) is 19.8 Å². The number of halogens is 3. The van der Waals surface area contributed by atoms with Gasteiger partial charge in [-0.05, 0) is 17.7 Å². The minimum atomic E-state index is -4.71. The van der Waals surface area contributed by atoms with Crippen molar-refractivity contribution in [2.24, 2.45) is 0 Å². The van der Waals surface area contributed by atoms with Crippen LogP contribution >= 0.6 is 0 Å². The summed E-state index contributed by atoms with van der Waals surface area (Å²) in [5, 5.41) is 5.70. The molecule has 0 aromatic heterocycles. The molecule has 0 bridgehead atoms. The highest BCUT2D eigenvalue weighted by Crippen LogP contribution is 2.22. The molecule has 1 aliphatic heterocycles. The Balaban J connectivity index is 1.81. The first-order chi connectivity index (χ1) is 9.94. The van der Waals surface area contributed by atoms with Crippen molar-refractivity contribution < 1.29 is 27.4 Å². The van der Waals surface area contributed by atoms with Crippen LogP contribution in [0, 0.1) is 0 Å². The summed E-state index contributed by atoms with van der Waals surface area (Å²) in [6.45, 7) is 1.72. The zero-order valence-corrected chi connectivity index (χ0v) is 11.1. The Labute approximate surface area is 119 Å². The van der Waals surface area contributed by atoms with Crippen LogP contribution < -0.4 is 15.4 Å². The molecule has 1 atom stereocenters. The lowest BCUT2D eigenvalue weighted by Crippen LogP contribution is -2.51. The van der Waals surface area contributed by atoms with E-state index in [0.29, 0.717) is 25.3 Å². The molecule has 2 N–H and O–H groups in total. The summed E-state index contributed by atoms with van der Waals surface area (Å²) in [5.74, 6) is -0.495. The van der Waals surface area contributed by atoms with E-state index in [2.05, 4.69) is 15.4 Å². The summed E-state index contributed by atoms with van der Waals surface area (Å²) in [7, 11) is 0. The van der Waals surface area contributed by atoms with Crippen LogP contribution in [-0.2, 0) is 16.1 Å². The fourth-order valence-corrected chi connectivity index (χ4v) is 1.86. The summed E-state index contributed by atoms with van der Waals surface area (Å²) >= 11 is 0. The molecule has 0 radical (unpaired) electrons. The highest BCUT2D eigenvalue weighted by Gasteiger charge is 2.30. The molecule has 1 heterocycles. The number of rotatable bonds is 4. The van der Waals surface area contributed by atoms with Gasteiger partial charge in [-0.25, -0.2) is 0 Å². The lowest BCUT2D eigenvalue weighted by molar-refractivity contribution is -0.274. The summed E-state index contributed by atoms with van der Waals surface area (Å²) in [6.07, 6.45) is -4.71. The van der Waals surface area contributed by atoms with Crippen molar-refractivity contribution in [3.8, 4) is 5.75 Å². The lowest BCUT2D eigenvalue weighted by atomic mass is 10.2. The molecule has 5 nitrogen and oxygen atoms in total. The zero-order chi connectivity index (χ0) is 15.3. The Bertz CT molecular complexity index is 471. The minimum absolute atomic E-state index is 0.203. The third kappa shape index (κ3) is 5.24. The van der Waals surface area contributed by atoms with Crippen LogP contribution in [0.15, 0.2) is 24.3 Å². The summed E-state index contributed by atoms with van der Waals surface area (Å²) < 4.78 is 44.9. The van der Waals surface area contributed by atoms with E-state index in [1.54, 1.807) is 0 Å². The number of nitrogens with one attached hydrogen (secondary N) is 2. The largest absolute Gasteiger partial charge is 0.573 e. The van der Waals surface area contributed by atoms with E-state index < -0.39 is 12.4 Å². The van der Waals surface area contributed by atoms with E-state index in [4.69, 9.17) is 4.74 Å². The number of ether oxygens (including phenoxy) is 2. The van der Waals surface area contributed by atoms with E-state index in [9.17, 15) is 18.0 Å². The minimum Gasteiger partial charge on any atom is -0.406 e. The molecule has 8 heteroatoms. The van der Waals surface area contributed by atoms with Gasteiger partial charge in [0.15, 0.2) is 0 Å². The molecule has 0 saturated carbocycles. The molecular weight excluding hydrogens is 289 g/mol. The Kier molecular flexibility index (Phi) is 5.03. The molecule has 1 aliphatic rings. The molecule has 1 amide bonds. The van der Waals surface area contributed by atoms with E-state index in [-0.39, 0.29) is 18.2 Å². The van der Waals surface area contributed by atoms with Gasteiger partial charge in [-0.1, -0.05) is 12.1 Å². The first kappa shape index (κ1) is 15.6. The van der Waals surface area contributed by atoms with Crippen molar-refractivity contribution in [1.29, 1.82) is 0 Å². The fourth-order valence-electron chi connectivity index (χ4n) is 1.86. The van der Waals surface area contributed by atoms with Crippen molar-refractivity contribution in [3.63, 3.8) is 0 Å². The second kappa shape index (κ2) is 6.77. The van der Waals surface area contributed by atoms with E-state index in [1.165, 1.54) is 24.3 Å². The van der Waals surface area contributed by atoms with Gasteiger partial charge in [0.25, 0.3) is 0 Å². The summed E-state index contributed by atoms with van der Waals surface area (Å²) in [5.41, 5.74) is 0.676. The third-order valence-corrected chi connectivity index (χ3v) is 2.86. The number of hydrogen-bond donors (Lipinski definition) is 2. The van der Waals surface area contributed by atoms with Crippen molar-refractivity contribution in [3.05, 3.63) is 29.8 Å². The van der Waals surface area contributed by atoms with Crippen LogP contribution in [0.2, 0.25) is 0 Å². The SMILES string of the molecule is O=C(NCc1ccc(OC(F)(F)F)cc1)C1COCCN1. The highest BCUT2D eigenvalue weighted by molar-refractivity contribution is 5.81. The van der Waals surface area contributed by atoms with Gasteiger partial charge < -0.3 is 20.1 Å². The third-order valence-electron chi connectivity index (χ3n) is 2.86. The molecule has 1 aromatic rings. The average molecular weight is 304 g/mol.